The fourth-order valence-corrected chi connectivity index (χ4v) is 3.51. The number of hydrogen-bond donors (Lipinski definition) is 3. The van der Waals surface area contributed by atoms with E-state index in [2.05, 4.69) is 15.4 Å². The first kappa shape index (κ1) is 20.1. The van der Waals surface area contributed by atoms with E-state index in [1.165, 1.54) is 30.5 Å². The lowest BCUT2D eigenvalue weighted by Gasteiger charge is -2.07. The summed E-state index contributed by atoms with van der Waals surface area (Å²) in [5.74, 6) is -0.259. The van der Waals surface area contributed by atoms with Gasteiger partial charge in [-0.05, 0) is 42.6 Å². The predicted molar refractivity (Wildman–Crippen MR) is 100 cm³/mol. The van der Waals surface area contributed by atoms with Crippen molar-refractivity contribution in [2.75, 3.05) is 13.6 Å². The highest BCUT2D eigenvalue weighted by molar-refractivity contribution is 7.89. The lowest BCUT2D eigenvalue weighted by atomic mass is 10.2. The van der Waals surface area contributed by atoms with Crippen LogP contribution in [-0.2, 0) is 21.4 Å². The smallest absolute Gasteiger partial charge is 0.252 e. The van der Waals surface area contributed by atoms with Crippen molar-refractivity contribution in [2.45, 2.75) is 24.3 Å². The zero-order chi connectivity index (χ0) is 19.0. The normalized spacial score (nSPS) is 11.1. The molecular formula is C17H21N3O4S2. The minimum atomic E-state index is -3.46. The number of amides is 2. The highest BCUT2D eigenvalue weighted by atomic mass is 32.2. The molecule has 7 nitrogen and oxygen atoms in total. The molecule has 2 amide bonds. The van der Waals surface area contributed by atoms with Gasteiger partial charge in [0, 0.05) is 30.5 Å². The summed E-state index contributed by atoms with van der Waals surface area (Å²) < 4.78 is 25.5. The summed E-state index contributed by atoms with van der Waals surface area (Å²) in [4.78, 5) is 23.7. The van der Waals surface area contributed by atoms with Crippen molar-refractivity contribution < 1.29 is 18.0 Å². The van der Waals surface area contributed by atoms with Crippen molar-refractivity contribution in [3.8, 4) is 0 Å². The summed E-state index contributed by atoms with van der Waals surface area (Å²) in [6, 6.07) is 8.05. The molecule has 140 valence electrons. The second-order valence-electron chi connectivity index (χ2n) is 5.50. The van der Waals surface area contributed by atoms with Gasteiger partial charge in [-0.25, -0.2) is 13.1 Å². The van der Waals surface area contributed by atoms with Gasteiger partial charge in [-0.2, -0.15) is 11.3 Å². The Balaban J connectivity index is 1.68. The summed E-state index contributed by atoms with van der Waals surface area (Å²) in [5.41, 5.74) is 1.43. The molecule has 0 unspecified atom stereocenters. The first-order valence-electron chi connectivity index (χ1n) is 8.02. The maximum atomic E-state index is 11.8. The number of nitrogens with one attached hydrogen (secondary N) is 3. The number of thiophene rings is 1. The molecule has 1 heterocycles. The highest BCUT2D eigenvalue weighted by Crippen LogP contribution is 2.10. The number of hydrogen-bond acceptors (Lipinski definition) is 5. The molecule has 0 aliphatic rings. The standard InChI is InChI=1S/C17H21N3O4S2/c1-18-26(23,24)15-6-4-13(5-7-15)11-20-16(21)3-2-9-19-17(22)14-8-10-25-12-14/h4-8,10,12,18H,2-3,9,11H2,1H3,(H,19,22)(H,20,21). The van der Waals surface area contributed by atoms with E-state index in [1.807, 2.05) is 5.38 Å². The molecule has 1 aromatic carbocycles. The van der Waals surface area contributed by atoms with E-state index in [9.17, 15) is 18.0 Å². The Morgan fingerprint density at radius 1 is 1.08 bits per heavy atom. The fraction of sp³-hybridized carbons (Fsp3) is 0.294. The van der Waals surface area contributed by atoms with E-state index in [0.717, 1.165) is 5.56 Å². The minimum absolute atomic E-state index is 0.123. The summed E-state index contributed by atoms with van der Waals surface area (Å²) in [6.45, 7) is 0.749. The van der Waals surface area contributed by atoms with Gasteiger partial charge in [-0.1, -0.05) is 12.1 Å². The minimum Gasteiger partial charge on any atom is -0.352 e. The Morgan fingerprint density at radius 3 is 2.42 bits per heavy atom. The summed E-state index contributed by atoms with van der Waals surface area (Å²) in [6.07, 6.45) is 0.844. The van der Waals surface area contributed by atoms with Crippen LogP contribution in [0.15, 0.2) is 46.0 Å². The second kappa shape index (κ2) is 9.46. The first-order chi connectivity index (χ1) is 12.4. The van der Waals surface area contributed by atoms with Gasteiger partial charge in [0.2, 0.25) is 15.9 Å². The summed E-state index contributed by atoms with van der Waals surface area (Å²) in [5, 5.41) is 9.15. The molecule has 0 aliphatic heterocycles. The van der Waals surface area contributed by atoms with Crippen LogP contribution in [0.1, 0.15) is 28.8 Å². The van der Waals surface area contributed by atoms with E-state index in [1.54, 1.807) is 23.6 Å². The Hall–Kier alpha value is -2.23. The first-order valence-corrected chi connectivity index (χ1v) is 10.4. The number of rotatable bonds is 9. The van der Waals surface area contributed by atoms with Gasteiger partial charge >= 0.3 is 0 Å². The molecule has 0 atom stereocenters. The summed E-state index contributed by atoms with van der Waals surface area (Å²) in [7, 11) is -2.10. The zero-order valence-corrected chi connectivity index (χ0v) is 16.0. The molecule has 0 aliphatic carbocycles. The maximum Gasteiger partial charge on any atom is 0.252 e. The Kier molecular flexibility index (Phi) is 7.31. The Labute approximate surface area is 156 Å². The van der Waals surface area contributed by atoms with Crippen molar-refractivity contribution in [1.82, 2.24) is 15.4 Å². The molecule has 0 radical (unpaired) electrons. The SMILES string of the molecule is CNS(=O)(=O)c1ccc(CNC(=O)CCCNC(=O)c2ccsc2)cc1. The molecule has 26 heavy (non-hydrogen) atoms. The van der Waals surface area contributed by atoms with Crippen LogP contribution in [-0.4, -0.2) is 33.8 Å². The zero-order valence-electron chi connectivity index (χ0n) is 14.3. The number of carbonyl (C=O) groups excluding carboxylic acids is 2. The Morgan fingerprint density at radius 2 is 1.81 bits per heavy atom. The average Bonchev–Trinajstić information content (AvgIpc) is 3.18. The third-order valence-corrected chi connectivity index (χ3v) is 5.76. The van der Waals surface area contributed by atoms with Crippen LogP contribution in [0.3, 0.4) is 0 Å². The summed E-state index contributed by atoms with van der Waals surface area (Å²) >= 11 is 1.46. The van der Waals surface area contributed by atoms with E-state index < -0.39 is 10.0 Å². The lowest BCUT2D eigenvalue weighted by Crippen LogP contribution is -2.27. The van der Waals surface area contributed by atoms with Gasteiger partial charge in [-0.15, -0.1) is 0 Å². The Bertz CT molecular complexity index is 831. The molecule has 1 aromatic heterocycles. The molecular weight excluding hydrogens is 374 g/mol. The van der Waals surface area contributed by atoms with Crippen molar-refractivity contribution in [2.24, 2.45) is 0 Å². The van der Waals surface area contributed by atoms with Gasteiger partial charge in [-0.3, -0.25) is 9.59 Å². The largest absolute Gasteiger partial charge is 0.352 e. The van der Waals surface area contributed by atoms with Gasteiger partial charge in [0.05, 0.1) is 4.90 Å². The van der Waals surface area contributed by atoms with Gasteiger partial charge in [0.15, 0.2) is 0 Å². The number of sulfonamides is 1. The molecule has 0 saturated heterocycles. The molecule has 0 spiro atoms. The molecule has 0 bridgehead atoms. The maximum absolute atomic E-state index is 11.8. The monoisotopic (exact) mass is 395 g/mol. The van der Waals surface area contributed by atoms with Gasteiger partial charge < -0.3 is 10.6 Å². The molecule has 2 rings (SSSR count). The van der Waals surface area contributed by atoms with E-state index in [-0.39, 0.29) is 16.7 Å². The van der Waals surface area contributed by atoms with Gasteiger partial charge in [0.1, 0.15) is 0 Å². The van der Waals surface area contributed by atoms with Crippen molar-refractivity contribution in [1.29, 1.82) is 0 Å². The molecule has 9 heteroatoms. The van der Waals surface area contributed by atoms with E-state index >= 15 is 0 Å². The van der Waals surface area contributed by atoms with Crippen LogP contribution in [0, 0.1) is 0 Å². The van der Waals surface area contributed by atoms with Crippen molar-refractivity contribution >= 4 is 33.2 Å². The van der Waals surface area contributed by atoms with Crippen LogP contribution in [0.25, 0.3) is 0 Å². The second-order valence-corrected chi connectivity index (χ2v) is 8.17. The average molecular weight is 396 g/mol. The van der Waals surface area contributed by atoms with E-state index in [0.29, 0.717) is 31.5 Å². The van der Waals surface area contributed by atoms with Crippen LogP contribution in [0.5, 0.6) is 0 Å². The molecule has 0 saturated carbocycles. The van der Waals surface area contributed by atoms with Crippen LogP contribution >= 0.6 is 11.3 Å². The molecule has 3 N–H and O–H groups in total. The molecule has 0 fully saturated rings. The van der Waals surface area contributed by atoms with Crippen LogP contribution < -0.4 is 15.4 Å². The lowest BCUT2D eigenvalue weighted by molar-refractivity contribution is -0.121. The van der Waals surface area contributed by atoms with E-state index in [4.69, 9.17) is 0 Å². The van der Waals surface area contributed by atoms with Crippen LogP contribution in [0.4, 0.5) is 0 Å². The van der Waals surface area contributed by atoms with Gasteiger partial charge in [0.25, 0.3) is 5.91 Å². The predicted octanol–water partition coefficient (Wildman–Crippen LogP) is 1.48. The number of benzene rings is 1. The third kappa shape index (κ3) is 5.94. The quantitative estimate of drug-likeness (QED) is 0.560. The topological polar surface area (TPSA) is 104 Å². The van der Waals surface area contributed by atoms with Crippen LogP contribution in [0.2, 0.25) is 0 Å². The fourth-order valence-electron chi connectivity index (χ4n) is 2.14. The number of carbonyl (C=O) groups is 2. The van der Waals surface area contributed by atoms with Crippen molar-refractivity contribution in [3.05, 3.63) is 52.2 Å². The highest BCUT2D eigenvalue weighted by Gasteiger charge is 2.10. The third-order valence-electron chi connectivity index (χ3n) is 3.64. The molecule has 2 aromatic rings. The van der Waals surface area contributed by atoms with Crippen molar-refractivity contribution in [3.63, 3.8) is 0 Å².